The molecule has 0 N–H and O–H groups in total. The Balaban J connectivity index is 0.000000185. The minimum Gasteiger partial charge on any atom is -0.356 e. The van der Waals surface area contributed by atoms with Crippen LogP contribution in [0.1, 0.15) is 68.5 Å². The first-order valence-corrected chi connectivity index (χ1v) is 16.1. The zero-order valence-electron chi connectivity index (χ0n) is 24.8. The van der Waals surface area contributed by atoms with Gasteiger partial charge in [0.25, 0.3) is 0 Å². The standard InChI is InChI=1S/C16H14F4N2O.C14H13FN2O.C2H2F3I/c17-15-12-10-11(4-3-8-16(18,19)20)6-7-13(12)22(21-15)14-5-1-2-9-23-14;1-2-10-6-7-12-11(9-10)14(15)16-17(12)13-5-3-4-8-18-13;3-2(4,5)1-6/h6-7,10,14H,1-2,5,8-9H2;1,6-7,9,13H,3-5,8H2;1H2. The van der Waals surface area contributed by atoms with E-state index in [1.54, 1.807) is 35.0 Å². The highest BCUT2D eigenvalue weighted by Crippen LogP contribution is 2.29. The van der Waals surface area contributed by atoms with Crippen LogP contribution in [-0.4, -0.2) is 49.6 Å². The smallest absolute Gasteiger partial charge is 0.356 e. The molecule has 2 aliphatic heterocycles. The van der Waals surface area contributed by atoms with Gasteiger partial charge in [-0.15, -0.1) is 16.6 Å². The maximum absolute atomic E-state index is 14.0. The van der Waals surface area contributed by atoms with Crippen LogP contribution in [0.15, 0.2) is 36.4 Å². The molecule has 2 aromatic heterocycles. The molecule has 4 aromatic rings. The summed E-state index contributed by atoms with van der Waals surface area (Å²) in [4.78, 5) is 0. The molecule has 2 aliphatic rings. The fourth-order valence-electron chi connectivity index (χ4n) is 4.89. The largest absolute Gasteiger partial charge is 0.399 e. The topological polar surface area (TPSA) is 54.1 Å². The van der Waals surface area contributed by atoms with E-state index in [9.17, 15) is 35.1 Å². The number of terminal acetylenes is 1. The molecule has 2 fully saturated rings. The predicted octanol–water partition coefficient (Wildman–Crippen LogP) is 9.02. The third-order valence-electron chi connectivity index (χ3n) is 7.02. The van der Waals surface area contributed by atoms with E-state index < -0.39 is 35.1 Å². The molecule has 0 saturated carbocycles. The van der Waals surface area contributed by atoms with E-state index in [1.807, 2.05) is 5.92 Å². The summed E-state index contributed by atoms with van der Waals surface area (Å²) >= 11 is 1.27. The molecule has 6 nitrogen and oxygen atoms in total. The SMILES string of the molecule is C#Cc1ccc2c(c1)c(F)nn2C1CCCCO1.FC(F)(F)CI.Fc1nn(C2CCCCO2)c2ccc(C#CCC(F)(F)F)cc12. The highest BCUT2D eigenvalue weighted by atomic mass is 127. The van der Waals surface area contributed by atoms with Gasteiger partial charge < -0.3 is 9.47 Å². The van der Waals surface area contributed by atoms with Crippen LogP contribution in [0.3, 0.4) is 0 Å². The lowest BCUT2D eigenvalue weighted by Gasteiger charge is -2.23. The van der Waals surface area contributed by atoms with Crippen LogP contribution in [0.25, 0.3) is 21.8 Å². The van der Waals surface area contributed by atoms with Gasteiger partial charge >= 0.3 is 12.4 Å². The van der Waals surface area contributed by atoms with E-state index in [2.05, 4.69) is 22.0 Å². The van der Waals surface area contributed by atoms with Gasteiger partial charge in [0.1, 0.15) is 6.42 Å². The van der Waals surface area contributed by atoms with Crippen molar-refractivity contribution in [3.05, 3.63) is 59.4 Å². The highest BCUT2D eigenvalue weighted by molar-refractivity contribution is 14.1. The molecule has 0 radical (unpaired) electrons. The van der Waals surface area contributed by atoms with E-state index >= 15 is 0 Å². The van der Waals surface area contributed by atoms with E-state index in [0.29, 0.717) is 35.2 Å². The van der Waals surface area contributed by atoms with Gasteiger partial charge in [0.05, 0.1) is 26.2 Å². The van der Waals surface area contributed by atoms with Crippen molar-refractivity contribution in [2.24, 2.45) is 0 Å². The van der Waals surface area contributed by atoms with Crippen molar-refractivity contribution in [2.75, 3.05) is 17.6 Å². The van der Waals surface area contributed by atoms with Crippen LogP contribution in [0.2, 0.25) is 0 Å². The molecule has 2 unspecified atom stereocenters. The van der Waals surface area contributed by atoms with Crippen LogP contribution in [-0.2, 0) is 9.47 Å². The maximum Gasteiger partial charge on any atom is 0.399 e. The number of alkyl halides is 7. The van der Waals surface area contributed by atoms with Crippen molar-refractivity contribution in [1.29, 1.82) is 0 Å². The predicted molar refractivity (Wildman–Crippen MR) is 167 cm³/mol. The fourth-order valence-corrected chi connectivity index (χ4v) is 4.89. The van der Waals surface area contributed by atoms with Gasteiger partial charge in [0, 0.05) is 24.3 Å². The summed E-state index contributed by atoms with van der Waals surface area (Å²) in [7, 11) is 0. The Labute approximate surface area is 278 Å². The molecule has 0 aliphatic carbocycles. The van der Waals surface area contributed by atoms with Crippen molar-refractivity contribution in [2.45, 2.75) is 69.8 Å². The third kappa shape index (κ3) is 10.3. The molecule has 0 spiro atoms. The van der Waals surface area contributed by atoms with Gasteiger partial charge in [-0.2, -0.15) is 35.1 Å². The average Bonchev–Trinajstić information content (AvgIpc) is 3.57. The van der Waals surface area contributed by atoms with Crippen LogP contribution < -0.4 is 0 Å². The lowest BCUT2D eigenvalue weighted by molar-refractivity contribution is -0.123. The lowest BCUT2D eigenvalue weighted by Crippen LogP contribution is -2.19. The minimum absolute atomic E-state index is 0.164. The quantitative estimate of drug-likeness (QED) is 0.0883. The minimum atomic E-state index is -4.33. The van der Waals surface area contributed by atoms with E-state index in [-0.39, 0.29) is 17.8 Å². The molecule has 2 atom stereocenters. The summed E-state index contributed by atoms with van der Waals surface area (Å²) in [5, 5.41) is 8.51. The molecule has 47 heavy (non-hydrogen) atoms. The first-order valence-electron chi connectivity index (χ1n) is 14.5. The number of aromatic nitrogens is 4. The first-order chi connectivity index (χ1) is 22.3. The van der Waals surface area contributed by atoms with E-state index in [4.69, 9.17) is 15.9 Å². The second-order valence-electron chi connectivity index (χ2n) is 10.6. The second-order valence-corrected chi connectivity index (χ2v) is 11.3. The lowest BCUT2D eigenvalue weighted by atomic mass is 10.1. The normalized spacial score (nSPS) is 18.3. The molecule has 4 heterocycles. The van der Waals surface area contributed by atoms with Gasteiger partial charge in [0.15, 0.2) is 12.5 Å². The molecule has 0 amide bonds. The number of ether oxygens (including phenoxy) is 2. The molecular weight excluding hydrogens is 751 g/mol. The number of nitrogens with zero attached hydrogens (tertiary/aromatic N) is 4. The molecule has 2 aromatic carbocycles. The summed E-state index contributed by atoms with van der Waals surface area (Å²) in [5.74, 6) is 5.79. The van der Waals surface area contributed by atoms with Crippen molar-refractivity contribution in [3.8, 4) is 24.2 Å². The molecule has 2 saturated heterocycles. The van der Waals surface area contributed by atoms with E-state index in [1.165, 1.54) is 33.3 Å². The molecule has 6 rings (SSSR count). The van der Waals surface area contributed by atoms with Gasteiger partial charge in [-0.3, -0.25) is 0 Å². The molecule has 0 bridgehead atoms. The number of rotatable bonds is 2. The Kier molecular flexibility index (Phi) is 12.5. The Morgan fingerprint density at radius 2 is 1.23 bits per heavy atom. The summed E-state index contributed by atoms with van der Waals surface area (Å²) in [5.41, 5.74) is 2.27. The number of hydrogen-bond donors (Lipinski definition) is 0. The molecular formula is C32H29F8IN4O2. The first kappa shape index (κ1) is 36.4. The summed E-state index contributed by atoms with van der Waals surface area (Å²) in [6, 6.07) is 9.84. The number of hydrogen-bond acceptors (Lipinski definition) is 4. The van der Waals surface area contributed by atoms with Crippen molar-refractivity contribution in [3.63, 3.8) is 0 Å². The van der Waals surface area contributed by atoms with Gasteiger partial charge in [-0.1, -0.05) is 40.4 Å². The van der Waals surface area contributed by atoms with Crippen molar-refractivity contribution >= 4 is 44.4 Å². The highest BCUT2D eigenvalue weighted by Gasteiger charge is 2.26. The van der Waals surface area contributed by atoms with Crippen LogP contribution >= 0.6 is 22.6 Å². The number of fused-ring (bicyclic) bond motifs is 2. The van der Waals surface area contributed by atoms with Crippen LogP contribution in [0.4, 0.5) is 35.1 Å². The Bertz CT molecular complexity index is 1750. The van der Waals surface area contributed by atoms with Gasteiger partial charge in [-0.25, -0.2) is 9.36 Å². The monoisotopic (exact) mass is 780 g/mol. The fraction of sp³-hybridized carbons (Fsp3) is 0.438. The van der Waals surface area contributed by atoms with Crippen molar-refractivity contribution < 1.29 is 44.6 Å². The molecule has 252 valence electrons. The summed E-state index contributed by atoms with van der Waals surface area (Å²) < 4.78 is 110. The Morgan fingerprint density at radius 3 is 1.64 bits per heavy atom. The zero-order valence-corrected chi connectivity index (χ0v) is 26.9. The Hall–Kier alpha value is -3.41. The Morgan fingerprint density at radius 1 is 0.766 bits per heavy atom. The second kappa shape index (κ2) is 16.1. The van der Waals surface area contributed by atoms with Gasteiger partial charge in [0.2, 0.25) is 11.9 Å². The van der Waals surface area contributed by atoms with Crippen LogP contribution in [0, 0.1) is 36.1 Å². The summed E-state index contributed by atoms with van der Waals surface area (Å²) in [6.07, 6.45) is 1.06. The maximum atomic E-state index is 14.0. The molecule has 15 heteroatoms. The summed E-state index contributed by atoms with van der Waals surface area (Å²) in [6.45, 7) is 1.31. The number of benzene rings is 2. The van der Waals surface area contributed by atoms with Crippen LogP contribution in [0.5, 0.6) is 0 Å². The van der Waals surface area contributed by atoms with Gasteiger partial charge in [-0.05, 0) is 74.9 Å². The number of halogens is 9. The third-order valence-corrected chi connectivity index (χ3v) is 7.88. The zero-order chi connectivity index (χ0) is 34.2. The van der Waals surface area contributed by atoms with Crippen molar-refractivity contribution in [1.82, 2.24) is 19.6 Å². The van der Waals surface area contributed by atoms with E-state index in [0.717, 1.165) is 44.0 Å². The average molecular weight is 780 g/mol.